The van der Waals surface area contributed by atoms with Crippen molar-refractivity contribution in [1.29, 1.82) is 0 Å². The largest absolute Gasteiger partial charge is 0.350 e. The van der Waals surface area contributed by atoms with Gasteiger partial charge in [0.25, 0.3) is 0 Å². The van der Waals surface area contributed by atoms with Crippen LogP contribution in [0.4, 0.5) is 0 Å². The molecule has 6 heteroatoms. The highest BCUT2D eigenvalue weighted by Crippen LogP contribution is 2.16. The molecule has 0 fully saturated rings. The number of fused-ring (bicyclic) bond motifs is 1. The van der Waals surface area contributed by atoms with Gasteiger partial charge in [0, 0.05) is 30.7 Å². The molecule has 0 aliphatic rings. The van der Waals surface area contributed by atoms with Gasteiger partial charge in [-0.1, -0.05) is 12.1 Å². The third-order valence-electron chi connectivity index (χ3n) is 4.13. The van der Waals surface area contributed by atoms with E-state index in [1.807, 2.05) is 53.1 Å². The molecule has 0 radical (unpaired) electrons. The Balaban J connectivity index is 1.42. The van der Waals surface area contributed by atoms with Gasteiger partial charge in [0.05, 0.1) is 23.1 Å². The summed E-state index contributed by atoms with van der Waals surface area (Å²) in [6.07, 6.45) is 6.92. The summed E-state index contributed by atoms with van der Waals surface area (Å²) in [7, 11) is 0. The van der Waals surface area contributed by atoms with Crippen molar-refractivity contribution in [3.8, 4) is 11.3 Å². The number of aromatic nitrogens is 4. The molecule has 1 aromatic carbocycles. The van der Waals surface area contributed by atoms with Crippen LogP contribution < -0.4 is 5.32 Å². The van der Waals surface area contributed by atoms with Crippen LogP contribution in [0.25, 0.3) is 22.3 Å². The van der Waals surface area contributed by atoms with E-state index in [9.17, 15) is 4.79 Å². The first-order valence-electron chi connectivity index (χ1n) is 8.31. The molecule has 6 nitrogen and oxygen atoms in total. The maximum absolute atomic E-state index is 12.3. The maximum atomic E-state index is 12.3. The van der Waals surface area contributed by atoms with Crippen molar-refractivity contribution < 1.29 is 4.79 Å². The van der Waals surface area contributed by atoms with E-state index in [-0.39, 0.29) is 12.5 Å². The standard InChI is InChI=1S/C20H17N5O/c26-20(13-25-14-24-17-3-1-2-4-19(17)25)23-12-15-5-10-22-18(11-15)16-6-8-21-9-7-16/h1-11,14H,12-13H2,(H,23,26). The fraction of sp³-hybridized carbons (Fsp3) is 0.100. The number of hydrogen-bond donors (Lipinski definition) is 1. The normalized spacial score (nSPS) is 10.8. The highest BCUT2D eigenvalue weighted by molar-refractivity contribution is 5.80. The topological polar surface area (TPSA) is 72.7 Å². The Kier molecular flexibility index (Phi) is 4.38. The minimum Gasteiger partial charge on any atom is -0.350 e. The zero-order valence-corrected chi connectivity index (χ0v) is 14.0. The van der Waals surface area contributed by atoms with Gasteiger partial charge in [-0.05, 0) is 42.0 Å². The van der Waals surface area contributed by atoms with E-state index in [1.165, 1.54) is 0 Å². The van der Waals surface area contributed by atoms with Crippen LogP contribution in [0.1, 0.15) is 5.56 Å². The lowest BCUT2D eigenvalue weighted by molar-refractivity contribution is -0.121. The van der Waals surface area contributed by atoms with Gasteiger partial charge >= 0.3 is 0 Å². The average Bonchev–Trinajstić information content (AvgIpc) is 3.10. The molecule has 0 atom stereocenters. The Morgan fingerprint density at radius 1 is 1.00 bits per heavy atom. The fourth-order valence-corrected chi connectivity index (χ4v) is 2.81. The van der Waals surface area contributed by atoms with E-state index >= 15 is 0 Å². The summed E-state index contributed by atoms with van der Waals surface area (Å²) in [5, 5.41) is 2.95. The van der Waals surface area contributed by atoms with Gasteiger partial charge in [0.15, 0.2) is 0 Å². The van der Waals surface area contributed by atoms with Crippen LogP contribution in [0, 0.1) is 0 Å². The number of benzene rings is 1. The number of amides is 1. The van der Waals surface area contributed by atoms with E-state index in [0.717, 1.165) is 27.9 Å². The fourth-order valence-electron chi connectivity index (χ4n) is 2.81. The Hall–Kier alpha value is -3.54. The monoisotopic (exact) mass is 343 g/mol. The van der Waals surface area contributed by atoms with Crippen LogP contribution in [0.15, 0.2) is 73.4 Å². The SMILES string of the molecule is O=C(Cn1cnc2ccccc21)NCc1ccnc(-c2ccncc2)c1. The number of nitrogens with zero attached hydrogens (tertiary/aromatic N) is 4. The van der Waals surface area contributed by atoms with Crippen molar-refractivity contribution in [2.45, 2.75) is 13.1 Å². The molecule has 0 saturated carbocycles. The summed E-state index contributed by atoms with van der Waals surface area (Å²) in [6, 6.07) is 15.5. The van der Waals surface area contributed by atoms with Gasteiger partial charge in [0.2, 0.25) is 5.91 Å². The van der Waals surface area contributed by atoms with Crippen LogP contribution in [-0.4, -0.2) is 25.4 Å². The number of rotatable bonds is 5. The molecule has 128 valence electrons. The summed E-state index contributed by atoms with van der Waals surface area (Å²) in [5.41, 5.74) is 4.69. The number of hydrogen-bond acceptors (Lipinski definition) is 4. The van der Waals surface area contributed by atoms with Crippen LogP contribution >= 0.6 is 0 Å². The number of imidazole rings is 1. The van der Waals surface area contributed by atoms with Crippen molar-refractivity contribution in [1.82, 2.24) is 24.8 Å². The molecule has 4 aromatic rings. The van der Waals surface area contributed by atoms with Crippen molar-refractivity contribution in [2.75, 3.05) is 0 Å². The zero-order valence-electron chi connectivity index (χ0n) is 14.0. The van der Waals surface area contributed by atoms with Gasteiger partial charge < -0.3 is 9.88 Å². The van der Waals surface area contributed by atoms with Gasteiger partial charge in [-0.2, -0.15) is 0 Å². The smallest absolute Gasteiger partial charge is 0.240 e. The number of carbonyl (C=O) groups excluding carboxylic acids is 1. The molecule has 26 heavy (non-hydrogen) atoms. The number of carbonyl (C=O) groups is 1. The average molecular weight is 343 g/mol. The van der Waals surface area contributed by atoms with Crippen molar-refractivity contribution in [2.24, 2.45) is 0 Å². The first-order chi connectivity index (χ1) is 12.8. The maximum Gasteiger partial charge on any atom is 0.240 e. The first-order valence-corrected chi connectivity index (χ1v) is 8.31. The van der Waals surface area contributed by atoms with E-state index in [1.54, 1.807) is 24.9 Å². The molecule has 1 N–H and O–H groups in total. The predicted molar refractivity (Wildman–Crippen MR) is 99.0 cm³/mol. The molecule has 3 heterocycles. The second kappa shape index (κ2) is 7.14. The Morgan fingerprint density at radius 3 is 2.73 bits per heavy atom. The Labute approximate surface area is 150 Å². The summed E-state index contributed by atoms with van der Waals surface area (Å²) < 4.78 is 1.85. The van der Waals surface area contributed by atoms with E-state index in [4.69, 9.17) is 0 Å². The number of pyridine rings is 2. The zero-order chi connectivity index (χ0) is 17.8. The van der Waals surface area contributed by atoms with Crippen molar-refractivity contribution in [3.05, 3.63) is 79.0 Å². The van der Waals surface area contributed by atoms with Crippen LogP contribution in [0.2, 0.25) is 0 Å². The first kappa shape index (κ1) is 16.0. The lowest BCUT2D eigenvalue weighted by Gasteiger charge is -2.08. The molecule has 3 aromatic heterocycles. The minimum absolute atomic E-state index is 0.0598. The van der Waals surface area contributed by atoms with Crippen LogP contribution in [0.3, 0.4) is 0 Å². The van der Waals surface area contributed by atoms with Gasteiger partial charge in [0.1, 0.15) is 6.54 Å². The second-order valence-corrected chi connectivity index (χ2v) is 5.92. The van der Waals surface area contributed by atoms with Crippen LogP contribution in [0.5, 0.6) is 0 Å². The van der Waals surface area contributed by atoms with E-state index in [0.29, 0.717) is 6.54 Å². The molecule has 0 aliphatic carbocycles. The molecule has 0 spiro atoms. The summed E-state index contributed by atoms with van der Waals surface area (Å²) >= 11 is 0. The Morgan fingerprint density at radius 2 is 1.85 bits per heavy atom. The molecular formula is C20H17N5O. The third-order valence-corrected chi connectivity index (χ3v) is 4.13. The molecule has 1 amide bonds. The summed E-state index contributed by atoms with van der Waals surface area (Å²) in [5.74, 6) is -0.0598. The Bertz CT molecular complexity index is 1040. The third kappa shape index (κ3) is 3.44. The molecule has 0 saturated heterocycles. The lowest BCUT2D eigenvalue weighted by atomic mass is 10.1. The summed E-state index contributed by atoms with van der Waals surface area (Å²) in [4.78, 5) is 25.0. The quantitative estimate of drug-likeness (QED) is 0.605. The predicted octanol–water partition coefficient (Wildman–Crippen LogP) is 2.81. The molecule has 4 rings (SSSR count). The second-order valence-electron chi connectivity index (χ2n) is 5.92. The molecule has 0 unspecified atom stereocenters. The molecular weight excluding hydrogens is 326 g/mol. The van der Waals surface area contributed by atoms with Crippen LogP contribution in [-0.2, 0) is 17.9 Å². The van der Waals surface area contributed by atoms with E-state index in [2.05, 4.69) is 20.3 Å². The molecule has 0 aliphatic heterocycles. The number of nitrogens with one attached hydrogen (secondary N) is 1. The van der Waals surface area contributed by atoms with Gasteiger partial charge in [-0.15, -0.1) is 0 Å². The van der Waals surface area contributed by atoms with Crippen molar-refractivity contribution in [3.63, 3.8) is 0 Å². The highest BCUT2D eigenvalue weighted by Gasteiger charge is 2.07. The van der Waals surface area contributed by atoms with Gasteiger partial charge in [-0.25, -0.2) is 4.98 Å². The number of para-hydroxylation sites is 2. The van der Waals surface area contributed by atoms with E-state index < -0.39 is 0 Å². The van der Waals surface area contributed by atoms with Crippen molar-refractivity contribution >= 4 is 16.9 Å². The highest BCUT2D eigenvalue weighted by atomic mass is 16.1. The lowest BCUT2D eigenvalue weighted by Crippen LogP contribution is -2.26. The summed E-state index contributed by atoms with van der Waals surface area (Å²) in [6.45, 7) is 0.689. The van der Waals surface area contributed by atoms with Gasteiger partial charge in [-0.3, -0.25) is 14.8 Å². The molecule has 0 bridgehead atoms. The minimum atomic E-state index is -0.0598.